The van der Waals surface area contributed by atoms with Crippen molar-refractivity contribution in [2.75, 3.05) is 11.9 Å². The fraction of sp³-hybridized carbons (Fsp3) is 0.500. The molecule has 0 saturated heterocycles. The van der Waals surface area contributed by atoms with E-state index in [9.17, 15) is 4.79 Å². The summed E-state index contributed by atoms with van der Waals surface area (Å²) in [5.41, 5.74) is 7.19. The lowest BCUT2D eigenvalue weighted by Crippen LogP contribution is -2.11. The molecule has 3 N–H and O–H groups in total. The van der Waals surface area contributed by atoms with Crippen LogP contribution in [0.1, 0.15) is 37.7 Å². The number of rotatable bonds is 7. The number of hydrogen-bond acceptors (Lipinski definition) is 2. The number of unbranched alkanes of at least 4 members (excludes halogenated alkanes) is 3. The van der Waals surface area contributed by atoms with Gasteiger partial charge in [-0.3, -0.25) is 4.79 Å². The first kappa shape index (κ1) is 18.2. The number of nitrogens with one attached hydrogen (secondary N) is 1. The molecule has 3 nitrogen and oxygen atoms in total. The van der Waals surface area contributed by atoms with Crippen molar-refractivity contribution in [3.63, 3.8) is 0 Å². The smallest absolute Gasteiger partial charge is 0.224 e. The first-order valence-corrected chi connectivity index (χ1v) is 6.77. The number of carbonyl (C=O) groups excluding carboxylic acids is 1. The highest BCUT2D eigenvalue weighted by Gasteiger charge is 2.05. The van der Waals surface area contributed by atoms with Crippen LogP contribution in [0.25, 0.3) is 0 Å². The summed E-state index contributed by atoms with van der Waals surface area (Å²) in [5.74, 6) is 0.0234. The molecule has 0 aliphatic carbocycles. The van der Waals surface area contributed by atoms with Gasteiger partial charge in [-0.25, -0.2) is 0 Å². The van der Waals surface area contributed by atoms with Gasteiger partial charge in [0.1, 0.15) is 0 Å². The van der Waals surface area contributed by atoms with Crippen molar-refractivity contribution in [1.29, 1.82) is 0 Å². The van der Waals surface area contributed by atoms with Crippen LogP contribution < -0.4 is 11.1 Å². The Balaban J connectivity index is 0.00000324. The summed E-state index contributed by atoms with van der Waals surface area (Å²) in [6.45, 7) is 2.70. The Morgan fingerprint density at radius 1 is 1.26 bits per heavy atom. The SMILES string of the molecule is Cc1ccc(Cl)c(NC(=O)CCCCCCN)c1.Cl. The van der Waals surface area contributed by atoms with Crippen LogP contribution in [-0.2, 0) is 4.79 Å². The summed E-state index contributed by atoms with van der Waals surface area (Å²) in [6, 6.07) is 5.60. The van der Waals surface area contributed by atoms with Gasteiger partial charge in [-0.15, -0.1) is 12.4 Å². The molecule has 0 atom stereocenters. The fourth-order valence-corrected chi connectivity index (χ4v) is 1.90. The van der Waals surface area contributed by atoms with Crippen LogP contribution in [0.2, 0.25) is 5.02 Å². The monoisotopic (exact) mass is 304 g/mol. The Kier molecular flexibility index (Phi) is 9.66. The number of carbonyl (C=O) groups is 1. The van der Waals surface area contributed by atoms with Crippen molar-refractivity contribution in [3.05, 3.63) is 28.8 Å². The second-order valence-electron chi connectivity index (χ2n) is 4.48. The van der Waals surface area contributed by atoms with Crippen LogP contribution in [-0.4, -0.2) is 12.5 Å². The van der Waals surface area contributed by atoms with Crippen molar-refractivity contribution in [3.8, 4) is 0 Å². The van der Waals surface area contributed by atoms with E-state index in [2.05, 4.69) is 5.32 Å². The average molecular weight is 305 g/mol. The topological polar surface area (TPSA) is 55.1 Å². The Bertz CT molecular complexity index is 397. The lowest BCUT2D eigenvalue weighted by atomic mass is 10.1. The Labute approximate surface area is 126 Å². The maximum atomic E-state index is 11.7. The highest BCUT2D eigenvalue weighted by molar-refractivity contribution is 6.33. The normalized spacial score (nSPS) is 9.84. The minimum atomic E-state index is 0. The number of amides is 1. The van der Waals surface area contributed by atoms with Crippen molar-refractivity contribution < 1.29 is 4.79 Å². The van der Waals surface area contributed by atoms with E-state index < -0.39 is 0 Å². The van der Waals surface area contributed by atoms with E-state index in [1.54, 1.807) is 6.07 Å². The van der Waals surface area contributed by atoms with Gasteiger partial charge in [-0.05, 0) is 44.0 Å². The van der Waals surface area contributed by atoms with E-state index in [1.165, 1.54) is 0 Å². The molecular formula is C14H22Cl2N2O. The van der Waals surface area contributed by atoms with Crippen molar-refractivity contribution in [1.82, 2.24) is 0 Å². The summed E-state index contributed by atoms with van der Waals surface area (Å²) < 4.78 is 0. The molecule has 0 aliphatic rings. The summed E-state index contributed by atoms with van der Waals surface area (Å²) in [5, 5.41) is 3.43. The van der Waals surface area contributed by atoms with E-state index in [-0.39, 0.29) is 18.3 Å². The lowest BCUT2D eigenvalue weighted by Gasteiger charge is -2.08. The summed E-state index contributed by atoms with van der Waals surface area (Å²) in [6.07, 6.45) is 4.61. The second kappa shape index (κ2) is 10.1. The predicted octanol–water partition coefficient (Wildman–Crippen LogP) is 3.92. The third kappa shape index (κ3) is 7.41. The molecule has 108 valence electrons. The Morgan fingerprint density at radius 3 is 2.63 bits per heavy atom. The van der Waals surface area contributed by atoms with Gasteiger partial charge in [0.15, 0.2) is 0 Å². The number of anilines is 1. The highest BCUT2D eigenvalue weighted by Crippen LogP contribution is 2.22. The Hall–Kier alpha value is -0.770. The zero-order valence-corrected chi connectivity index (χ0v) is 12.8. The van der Waals surface area contributed by atoms with Crippen LogP contribution in [0.4, 0.5) is 5.69 Å². The molecule has 0 aliphatic heterocycles. The molecule has 19 heavy (non-hydrogen) atoms. The van der Waals surface area contributed by atoms with Crippen molar-refractivity contribution in [2.24, 2.45) is 5.73 Å². The molecule has 1 rings (SSSR count). The molecule has 0 heterocycles. The molecule has 0 unspecified atom stereocenters. The van der Waals surface area contributed by atoms with Gasteiger partial charge in [0, 0.05) is 6.42 Å². The standard InChI is InChI=1S/C14H21ClN2O.ClH/c1-11-7-8-12(15)13(10-11)17-14(18)6-4-2-3-5-9-16;/h7-8,10H,2-6,9,16H2,1H3,(H,17,18);1H. The molecule has 0 bridgehead atoms. The van der Waals surface area contributed by atoms with Gasteiger partial charge >= 0.3 is 0 Å². The number of halogens is 2. The van der Waals surface area contributed by atoms with Crippen LogP contribution in [0.5, 0.6) is 0 Å². The third-order valence-corrected chi connectivity index (χ3v) is 3.08. The number of benzene rings is 1. The van der Waals surface area contributed by atoms with E-state index in [1.807, 2.05) is 19.1 Å². The number of nitrogens with two attached hydrogens (primary N) is 1. The van der Waals surface area contributed by atoms with Crippen LogP contribution >= 0.6 is 24.0 Å². The third-order valence-electron chi connectivity index (χ3n) is 2.75. The maximum Gasteiger partial charge on any atom is 0.224 e. The van der Waals surface area contributed by atoms with Gasteiger partial charge in [-0.1, -0.05) is 30.5 Å². The molecule has 5 heteroatoms. The summed E-state index contributed by atoms with van der Waals surface area (Å²) in [7, 11) is 0. The largest absolute Gasteiger partial charge is 0.330 e. The van der Waals surface area contributed by atoms with E-state index in [0.717, 1.165) is 37.8 Å². The molecule has 0 radical (unpaired) electrons. The molecular weight excluding hydrogens is 283 g/mol. The fourth-order valence-electron chi connectivity index (χ4n) is 1.73. The van der Waals surface area contributed by atoms with Crippen LogP contribution in [0, 0.1) is 6.92 Å². The molecule has 0 spiro atoms. The second-order valence-corrected chi connectivity index (χ2v) is 4.89. The molecule has 1 aromatic carbocycles. The first-order valence-electron chi connectivity index (χ1n) is 6.39. The van der Waals surface area contributed by atoms with E-state index in [0.29, 0.717) is 17.1 Å². The zero-order chi connectivity index (χ0) is 13.4. The minimum absolute atomic E-state index is 0. The Morgan fingerprint density at radius 2 is 1.95 bits per heavy atom. The highest BCUT2D eigenvalue weighted by atomic mass is 35.5. The maximum absolute atomic E-state index is 11.7. The zero-order valence-electron chi connectivity index (χ0n) is 11.2. The van der Waals surface area contributed by atoms with Gasteiger partial charge in [0.2, 0.25) is 5.91 Å². The van der Waals surface area contributed by atoms with Crippen LogP contribution in [0.3, 0.4) is 0 Å². The molecule has 1 amide bonds. The lowest BCUT2D eigenvalue weighted by molar-refractivity contribution is -0.116. The number of hydrogen-bond donors (Lipinski definition) is 2. The van der Waals surface area contributed by atoms with Crippen LogP contribution in [0.15, 0.2) is 18.2 Å². The molecule has 1 aromatic rings. The average Bonchev–Trinajstić information content (AvgIpc) is 2.33. The van der Waals surface area contributed by atoms with E-state index >= 15 is 0 Å². The quantitative estimate of drug-likeness (QED) is 0.750. The minimum Gasteiger partial charge on any atom is -0.330 e. The summed E-state index contributed by atoms with van der Waals surface area (Å²) >= 11 is 6.01. The first-order chi connectivity index (χ1) is 8.63. The molecule has 0 aromatic heterocycles. The predicted molar refractivity (Wildman–Crippen MR) is 84.2 cm³/mol. The molecule has 0 fully saturated rings. The summed E-state index contributed by atoms with van der Waals surface area (Å²) in [4.78, 5) is 11.7. The van der Waals surface area contributed by atoms with Gasteiger partial charge in [0.05, 0.1) is 10.7 Å². The van der Waals surface area contributed by atoms with Crippen molar-refractivity contribution in [2.45, 2.75) is 39.0 Å². The van der Waals surface area contributed by atoms with Gasteiger partial charge in [0.25, 0.3) is 0 Å². The van der Waals surface area contributed by atoms with E-state index in [4.69, 9.17) is 17.3 Å². The van der Waals surface area contributed by atoms with Gasteiger partial charge in [-0.2, -0.15) is 0 Å². The molecule has 0 saturated carbocycles. The van der Waals surface area contributed by atoms with Gasteiger partial charge < -0.3 is 11.1 Å². The van der Waals surface area contributed by atoms with Crippen molar-refractivity contribution >= 4 is 35.6 Å². The number of aryl methyl sites for hydroxylation is 1.